The lowest BCUT2D eigenvalue weighted by molar-refractivity contribution is 0.102. The Morgan fingerprint density at radius 1 is 1.25 bits per heavy atom. The Bertz CT molecular complexity index is 850. The number of benzene rings is 2. The molecular formula is C17H15ClN4O2. The SMILES string of the molecule is COc1c(Cl)cccc1NC(=O)c1ccccc1Cn1cncn1. The van der Waals surface area contributed by atoms with Gasteiger partial charge in [-0.05, 0) is 23.8 Å². The molecular weight excluding hydrogens is 328 g/mol. The van der Waals surface area contributed by atoms with Crippen molar-refractivity contribution in [1.29, 1.82) is 0 Å². The van der Waals surface area contributed by atoms with Crippen molar-refractivity contribution in [3.8, 4) is 5.75 Å². The minimum atomic E-state index is -0.244. The number of hydrogen-bond donors (Lipinski definition) is 1. The van der Waals surface area contributed by atoms with Crippen molar-refractivity contribution in [2.24, 2.45) is 0 Å². The number of carbonyl (C=O) groups excluding carboxylic acids is 1. The van der Waals surface area contributed by atoms with E-state index in [9.17, 15) is 4.79 Å². The zero-order valence-electron chi connectivity index (χ0n) is 12.9. The minimum Gasteiger partial charge on any atom is -0.493 e. The van der Waals surface area contributed by atoms with Crippen LogP contribution in [0.25, 0.3) is 0 Å². The second-order valence-corrected chi connectivity index (χ2v) is 5.43. The lowest BCUT2D eigenvalue weighted by Gasteiger charge is -2.13. The third kappa shape index (κ3) is 3.38. The summed E-state index contributed by atoms with van der Waals surface area (Å²) in [5, 5.41) is 7.35. The maximum atomic E-state index is 12.7. The molecule has 0 saturated carbocycles. The van der Waals surface area contributed by atoms with E-state index in [1.54, 1.807) is 35.3 Å². The molecule has 0 aliphatic rings. The van der Waals surface area contributed by atoms with Crippen LogP contribution in [0.1, 0.15) is 15.9 Å². The van der Waals surface area contributed by atoms with Gasteiger partial charge in [-0.15, -0.1) is 0 Å². The number of hydrogen-bond acceptors (Lipinski definition) is 4. The van der Waals surface area contributed by atoms with E-state index in [0.717, 1.165) is 5.56 Å². The Hall–Kier alpha value is -2.86. The summed E-state index contributed by atoms with van der Waals surface area (Å²) in [7, 11) is 1.51. The number of aromatic nitrogens is 3. The molecule has 1 aromatic heterocycles. The number of ether oxygens (including phenoxy) is 1. The fourth-order valence-electron chi connectivity index (χ4n) is 2.37. The Morgan fingerprint density at radius 3 is 2.83 bits per heavy atom. The molecule has 1 N–H and O–H groups in total. The highest BCUT2D eigenvalue weighted by Gasteiger charge is 2.15. The number of nitrogens with one attached hydrogen (secondary N) is 1. The highest BCUT2D eigenvalue weighted by atomic mass is 35.5. The standard InChI is InChI=1S/C17H15ClN4O2/c1-24-16-14(18)7-4-8-15(16)21-17(23)13-6-3-2-5-12(13)9-22-11-19-10-20-22/h2-8,10-11H,9H2,1H3,(H,21,23). The topological polar surface area (TPSA) is 69.0 Å². The number of para-hydroxylation sites is 1. The van der Waals surface area contributed by atoms with Crippen LogP contribution in [0.4, 0.5) is 5.69 Å². The van der Waals surface area contributed by atoms with Gasteiger partial charge in [0.05, 0.1) is 24.4 Å². The van der Waals surface area contributed by atoms with Gasteiger partial charge in [0.2, 0.25) is 0 Å². The van der Waals surface area contributed by atoms with Gasteiger partial charge in [0.1, 0.15) is 12.7 Å². The van der Waals surface area contributed by atoms with Gasteiger partial charge < -0.3 is 10.1 Å². The molecule has 3 aromatic rings. The van der Waals surface area contributed by atoms with Gasteiger partial charge in [0.25, 0.3) is 5.91 Å². The zero-order chi connectivity index (χ0) is 16.9. The van der Waals surface area contributed by atoms with Crippen LogP contribution >= 0.6 is 11.6 Å². The molecule has 0 fully saturated rings. The smallest absolute Gasteiger partial charge is 0.256 e. The molecule has 0 aliphatic carbocycles. The molecule has 7 heteroatoms. The van der Waals surface area contributed by atoms with E-state index >= 15 is 0 Å². The number of anilines is 1. The molecule has 24 heavy (non-hydrogen) atoms. The highest BCUT2D eigenvalue weighted by Crippen LogP contribution is 2.32. The Kier molecular flexibility index (Phi) is 4.77. The summed E-state index contributed by atoms with van der Waals surface area (Å²) >= 11 is 6.09. The van der Waals surface area contributed by atoms with Crippen molar-refractivity contribution in [2.75, 3.05) is 12.4 Å². The van der Waals surface area contributed by atoms with E-state index in [0.29, 0.717) is 28.6 Å². The van der Waals surface area contributed by atoms with Crippen molar-refractivity contribution in [3.63, 3.8) is 0 Å². The van der Waals surface area contributed by atoms with Crippen molar-refractivity contribution < 1.29 is 9.53 Å². The first-order chi connectivity index (χ1) is 11.7. The predicted molar refractivity (Wildman–Crippen MR) is 91.5 cm³/mol. The van der Waals surface area contributed by atoms with Gasteiger partial charge in [-0.1, -0.05) is 35.9 Å². The van der Waals surface area contributed by atoms with Gasteiger partial charge in [-0.3, -0.25) is 4.79 Å². The van der Waals surface area contributed by atoms with Gasteiger partial charge in [0.15, 0.2) is 5.75 Å². The van der Waals surface area contributed by atoms with Gasteiger partial charge >= 0.3 is 0 Å². The van der Waals surface area contributed by atoms with Crippen LogP contribution in [0.15, 0.2) is 55.1 Å². The van der Waals surface area contributed by atoms with Crippen molar-refractivity contribution in [3.05, 3.63) is 71.3 Å². The summed E-state index contributed by atoms with van der Waals surface area (Å²) in [6.07, 6.45) is 3.06. The number of nitrogens with zero attached hydrogens (tertiary/aromatic N) is 3. The third-order valence-electron chi connectivity index (χ3n) is 3.48. The Morgan fingerprint density at radius 2 is 2.08 bits per heavy atom. The molecule has 1 amide bonds. The van der Waals surface area contributed by atoms with Crippen LogP contribution in [-0.2, 0) is 6.54 Å². The second kappa shape index (κ2) is 7.14. The third-order valence-corrected chi connectivity index (χ3v) is 3.78. The summed E-state index contributed by atoms with van der Waals surface area (Å²) in [5.41, 5.74) is 1.90. The van der Waals surface area contributed by atoms with Gasteiger partial charge in [0, 0.05) is 5.56 Å². The van der Waals surface area contributed by atoms with Crippen LogP contribution < -0.4 is 10.1 Å². The van der Waals surface area contributed by atoms with Gasteiger partial charge in [-0.2, -0.15) is 5.10 Å². The van der Waals surface area contributed by atoms with Crippen LogP contribution in [0, 0.1) is 0 Å². The maximum absolute atomic E-state index is 12.7. The fraction of sp³-hybridized carbons (Fsp3) is 0.118. The quantitative estimate of drug-likeness (QED) is 0.772. The summed E-state index contributed by atoms with van der Waals surface area (Å²) < 4.78 is 6.92. The highest BCUT2D eigenvalue weighted by molar-refractivity contribution is 6.32. The first kappa shape index (κ1) is 16.0. The van der Waals surface area contributed by atoms with E-state index in [4.69, 9.17) is 16.3 Å². The number of amides is 1. The van der Waals surface area contributed by atoms with Crippen LogP contribution in [0.5, 0.6) is 5.75 Å². The molecule has 0 unspecified atom stereocenters. The van der Waals surface area contributed by atoms with Gasteiger partial charge in [-0.25, -0.2) is 9.67 Å². The van der Waals surface area contributed by atoms with Crippen molar-refractivity contribution in [2.45, 2.75) is 6.54 Å². The first-order valence-electron chi connectivity index (χ1n) is 7.23. The molecule has 0 spiro atoms. The second-order valence-electron chi connectivity index (χ2n) is 5.02. The lowest BCUT2D eigenvalue weighted by Crippen LogP contribution is -2.16. The van der Waals surface area contributed by atoms with E-state index < -0.39 is 0 Å². The molecule has 6 nitrogen and oxygen atoms in total. The average Bonchev–Trinajstić information content (AvgIpc) is 3.08. The summed E-state index contributed by atoms with van der Waals surface area (Å²) in [5.74, 6) is 0.188. The molecule has 3 rings (SSSR count). The maximum Gasteiger partial charge on any atom is 0.256 e. The lowest BCUT2D eigenvalue weighted by atomic mass is 10.1. The van der Waals surface area contributed by atoms with Crippen LogP contribution in [0.3, 0.4) is 0 Å². The van der Waals surface area contributed by atoms with E-state index in [2.05, 4.69) is 15.4 Å². The number of carbonyl (C=O) groups is 1. The predicted octanol–water partition coefficient (Wildman–Crippen LogP) is 3.24. The summed E-state index contributed by atoms with van der Waals surface area (Å²) in [6.45, 7) is 0.455. The molecule has 0 atom stereocenters. The number of methoxy groups -OCH3 is 1. The van der Waals surface area contributed by atoms with Crippen LogP contribution in [-0.4, -0.2) is 27.8 Å². The van der Waals surface area contributed by atoms with Crippen molar-refractivity contribution in [1.82, 2.24) is 14.8 Å². The molecule has 0 radical (unpaired) electrons. The zero-order valence-corrected chi connectivity index (χ0v) is 13.7. The van der Waals surface area contributed by atoms with E-state index in [1.165, 1.54) is 13.4 Å². The normalized spacial score (nSPS) is 10.4. The Balaban J connectivity index is 1.87. The van der Waals surface area contributed by atoms with E-state index in [1.807, 2.05) is 18.2 Å². The molecule has 0 bridgehead atoms. The molecule has 0 aliphatic heterocycles. The molecule has 122 valence electrons. The molecule has 0 saturated heterocycles. The number of halogens is 1. The number of rotatable bonds is 5. The summed E-state index contributed by atoms with van der Waals surface area (Å²) in [6, 6.07) is 12.5. The Labute approximate surface area is 144 Å². The first-order valence-corrected chi connectivity index (χ1v) is 7.61. The molecule has 1 heterocycles. The van der Waals surface area contributed by atoms with Crippen LogP contribution in [0.2, 0.25) is 5.02 Å². The van der Waals surface area contributed by atoms with Crippen molar-refractivity contribution >= 4 is 23.2 Å². The molecule has 2 aromatic carbocycles. The monoisotopic (exact) mass is 342 g/mol. The average molecular weight is 343 g/mol. The summed E-state index contributed by atoms with van der Waals surface area (Å²) in [4.78, 5) is 16.6. The van der Waals surface area contributed by atoms with E-state index in [-0.39, 0.29) is 5.91 Å². The fourth-order valence-corrected chi connectivity index (χ4v) is 2.62. The largest absolute Gasteiger partial charge is 0.493 e. The minimum absolute atomic E-state index is 0.244.